The highest BCUT2D eigenvalue weighted by Crippen LogP contribution is 2.35. The number of carbonyl (C=O) groups is 3. The number of urea groups is 1. The molecule has 29 heavy (non-hydrogen) atoms. The van der Waals surface area contributed by atoms with E-state index in [-0.39, 0.29) is 22.9 Å². The van der Waals surface area contributed by atoms with Gasteiger partial charge in [0.1, 0.15) is 18.0 Å². The van der Waals surface area contributed by atoms with E-state index >= 15 is 0 Å². The van der Waals surface area contributed by atoms with Crippen molar-refractivity contribution in [3.8, 4) is 5.75 Å². The molecule has 0 saturated carbocycles. The van der Waals surface area contributed by atoms with Crippen LogP contribution in [0.15, 0.2) is 59.1 Å². The van der Waals surface area contributed by atoms with Crippen LogP contribution in [0, 0.1) is 5.82 Å². The molecule has 3 rings (SSSR count). The number of hydrogen-bond acceptors (Lipinski definition) is 4. The van der Waals surface area contributed by atoms with Crippen molar-refractivity contribution in [2.24, 2.45) is 0 Å². The predicted octanol–water partition coefficient (Wildman–Crippen LogP) is 4.47. The van der Waals surface area contributed by atoms with Crippen molar-refractivity contribution in [3.05, 3.63) is 75.5 Å². The molecule has 2 aromatic rings. The molecule has 1 heterocycles. The third kappa shape index (κ3) is 4.38. The van der Waals surface area contributed by atoms with E-state index in [1.54, 1.807) is 12.1 Å². The number of carbonyl (C=O) groups excluding carboxylic acids is 3. The first-order chi connectivity index (χ1) is 13.8. The summed E-state index contributed by atoms with van der Waals surface area (Å²) >= 11 is 9.55. The second-order valence-electron chi connectivity index (χ2n) is 5.85. The van der Waals surface area contributed by atoms with Gasteiger partial charge in [-0.15, -0.1) is 0 Å². The Morgan fingerprint density at radius 3 is 2.52 bits per heavy atom. The number of hydrogen-bond donors (Lipinski definition) is 1. The number of benzene rings is 2. The fourth-order valence-electron chi connectivity index (χ4n) is 2.59. The molecule has 0 aliphatic carbocycles. The molecule has 1 N–H and O–H groups in total. The quantitative estimate of drug-likeness (QED) is 0.390. The summed E-state index contributed by atoms with van der Waals surface area (Å²) in [7, 11) is 0. The minimum absolute atomic E-state index is 0.125. The maximum absolute atomic E-state index is 13.2. The molecule has 0 radical (unpaired) electrons. The van der Waals surface area contributed by atoms with Gasteiger partial charge in [-0.05, 0) is 64.0 Å². The van der Waals surface area contributed by atoms with E-state index in [9.17, 15) is 18.8 Å². The Morgan fingerprint density at radius 2 is 1.90 bits per heavy atom. The third-order valence-electron chi connectivity index (χ3n) is 3.86. The topological polar surface area (TPSA) is 75.7 Å². The minimum Gasteiger partial charge on any atom is -0.487 e. The first-order valence-corrected chi connectivity index (χ1v) is 9.38. The number of amides is 4. The number of barbiturate groups is 1. The number of nitrogens with zero attached hydrogens (tertiary/aromatic N) is 1. The third-order valence-corrected chi connectivity index (χ3v) is 4.73. The lowest BCUT2D eigenvalue weighted by atomic mass is 10.1. The zero-order chi connectivity index (χ0) is 21.1. The second kappa shape index (κ2) is 8.59. The molecule has 0 atom stereocenters. The van der Waals surface area contributed by atoms with Gasteiger partial charge in [0.25, 0.3) is 11.8 Å². The number of rotatable bonds is 5. The molecule has 2 aromatic carbocycles. The van der Waals surface area contributed by atoms with E-state index in [1.165, 1.54) is 24.3 Å². The lowest BCUT2D eigenvalue weighted by molar-refractivity contribution is -0.122. The van der Waals surface area contributed by atoms with E-state index in [0.29, 0.717) is 15.8 Å². The fraction of sp³-hybridized carbons (Fsp3) is 0.0500. The summed E-state index contributed by atoms with van der Waals surface area (Å²) in [6.07, 6.45) is 2.86. The Balaban J connectivity index is 1.98. The van der Waals surface area contributed by atoms with Crippen LogP contribution in [0.4, 0.5) is 14.9 Å². The molecule has 1 saturated heterocycles. The SMILES string of the molecule is C=CCOc1c(Cl)cc(/C=C2\C(=O)NC(=O)N(c3ccc(F)cc3)C2=O)cc1Br. The summed E-state index contributed by atoms with van der Waals surface area (Å²) in [5.74, 6) is -1.83. The number of anilines is 1. The highest BCUT2D eigenvalue weighted by molar-refractivity contribution is 9.10. The van der Waals surface area contributed by atoms with E-state index in [1.807, 2.05) is 0 Å². The van der Waals surface area contributed by atoms with Crippen molar-refractivity contribution >= 4 is 57.1 Å². The molecule has 0 spiro atoms. The van der Waals surface area contributed by atoms with Crippen molar-refractivity contribution < 1.29 is 23.5 Å². The number of ether oxygens (including phenoxy) is 1. The van der Waals surface area contributed by atoms with Crippen LogP contribution < -0.4 is 15.0 Å². The van der Waals surface area contributed by atoms with E-state index < -0.39 is 23.7 Å². The molecule has 9 heteroatoms. The Bertz CT molecular complexity index is 1030. The van der Waals surface area contributed by atoms with Crippen LogP contribution in [0.5, 0.6) is 5.75 Å². The van der Waals surface area contributed by atoms with Gasteiger partial charge in [-0.2, -0.15) is 0 Å². The normalized spacial score (nSPS) is 15.5. The van der Waals surface area contributed by atoms with Crippen LogP contribution in [-0.2, 0) is 9.59 Å². The zero-order valence-electron chi connectivity index (χ0n) is 14.7. The van der Waals surface area contributed by atoms with E-state index in [0.717, 1.165) is 17.0 Å². The highest BCUT2D eigenvalue weighted by atomic mass is 79.9. The minimum atomic E-state index is -0.920. The van der Waals surface area contributed by atoms with E-state index in [2.05, 4.69) is 27.8 Å². The van der Waals surface area contributed by atoms with Gasteiger partial charge in [-0.25, -0.2) is 14.1 Å². The van der Waals surface area contributed by atoms with Crippen molar-refractivity contribution in [3.63, 3.8) is 0 Å². The monoisotopic (exact) mass is 478 g/mol. The van der Waals surface area contributed by atoms with Gasteiger partial charge in [0.15, 0.2) is 5.75 Å². The molecule has 1 aliphatic rings. The molecule has 6 nitrogen and oxygen atoms in total. The molecule has 4 amide bonds. The molecular weight excluding hydrogens is 467 g/mol. The summed E-state index contributed by atoms with van der Waals surface area (Å²) in [4.78, 5) is 38.0. The van der Waals surface area contributed by atoms with Gasteiger partial charge in [-0.1, -0.05) is 24.3 Å². The fourth-order valence-corrected chi connectivity index (χ4v) is 3.58. The summed E-state index contributed by atoms with van der Waals surface area (Å²) in [5.41, 5.74) is 0.274. The lowest BCUT2D eigenvalue weighted by Gasteiger charge is -2.26. The van der Waals surface area contributed by atoms with Crippen molar-refractivity contribution in [2.75, 3.05) is 11.5 Å². The number of halogens is 3. The lowest BCUT2D eigenvalue weighted by Crippen LogP contribution is -2.54. The highest BCUT2D eigenvalue weighted by Gasteiger charge is 2.36. The first kappa shape index (κ1) is 20.8. The molecule has 0 unspecified atom stereocenters. The van der Waals surface area contributed by atoms with Crippen molar-refractivity contribution in [1.82, 2.24) is 5.32 Å². The number of nitrogens with one attached hydrogen (secondary N) is 1. The Morgan fingerprint density at radius 1 is 1.21 bits per heavy atom. The summed E-state index contributed by atoms with van der Waals surface area (Å²) in [6.45, 7) is 3.81. The van der Waals surface area contributed by atoms with Gasteiger partial charge in [0.05, 0.1) is 15.2 Å². The standard InChI is InChI=1S/C20H13BrClFN2O4/c1-2-7-29-17-15(21)9-11(10-16(17)22)8-14-18(26)24-20(28)25(19(14)27)13-5-3-12(23)4-6-13/h2-6,8-10H,1,7H2,(H,24,26,28)/b14-8+. The maximum atomic E-state index is 13.2. The smallest absolute Gasteiger partial charge is 0.335 e. The Hall–Kier alpha value is -2.97. The summed E-state index contributed by atoms with van der Waals surface area (Å²) in [6, 6.07) is 6.94. The first-order valence-electron chi connectivity index (χ1n) is 8.21. The van der Waals surface area contributed by atoms with Gasteiger partial charge in [0.2, 0.25) is 0 Å². The summed E-state index contributed by atoms with van der Waals surface area (Å²) < 4.78 is 19.1. The van der Waals surface area contributed by atoms with Crippen LogP contribution in [0.1, 0.15) is 5.56 Å². The molecule has 1 aliphatic heterocycles. The average Bonchev–Trinajstić information content (AvgIpc) is 2.66. The van der Waals surface area contributed by atoms with E-state index in [4.69, 9.17) is 16.3 Å². The zero-order valence-corrected chi connectivity index (χ0v) is 17.1. The van der Waals surface area contributed by atoms with Crippen molar-refractivity contribution in [1.29, 1.82) is 0 Å². The maximum Gasteiger partial charge on any atom is 0.335 e. The van der Waals surface area contributed by atoms with Gasteiger partial charge < -0.3 is 4.74 Å². The Labute approximate surface area is 178 Å². The van der Waals surface area contributed by atoms with Crippen LogP contribution >= 0.6 is 27.5 Å². The van der Waals surface area contributed by atoms with Gasteiger partial charge in [0, 0.05) is 0 Å². The molecule has 1 fully saturated rings. The van der Waals surface area contributed by atoms with Crippen LogP contribution in [0.2, 0.25) is 5.02 Å². The summed E-state index contributed by atoms with van der Waals surface area (Å²) in [5, 5.41) is 2.35. The van der Waals surface area contributed by atoms with Crippen LogP contribution in [0.25, 0.3) is 6.08 Å². The van der Waals surface area contributed by atoms with Crippen LogP contribution in [0.3, 0.4) is 0 Å². The largest absolute Gasteiger partial charge is 0.487 e. The number of imide groups is 2. The average molecular weight is 480 g/mol. The van der Waals surface area contributed by atoms with Gasteiger partial charge >= 0.3 is 6.03 Å². The van der Waals surface area contributed by atoms with Crippen molar-refractivity contribution in [2.45, 2.75) is 0 Å². The molecule has 0 bridgehead atoms. The molecular formula is C20H13BrClFN2O4. The molecule has 0 aromatic heterocycles. The Kier molecular flexibility index (Phi) is 6.14. The molecule has 148 valence electrons. The van der Waals surface area contributed by atoms with Gasteiger partial charge in [-0.3, -0.25) is 14.9 Å². The predicted molar refractivity (Wildman–Crippen MR) is 110 cm³/mol. The van der Waals surface area contributed by atoms with Crippen LogP contribution in [-0.4, -0.2) is 24.5 Å². The second-order valence-corrected chi connectivity index (χ2v) is 7.11.